The Hall–Kier alpha value is -1.73. The van der Waals surface area contributed by atoms with E-state index in [-0.39, 0.29) is 24.8 Å². The number of Topliss-reactive ketones (excluding diaryl/α,β-unsaturated/α-hetero) is 1. The van der Waals surface area contributed by atoms with Crippen LogP contribution < -0.4 is 0 Å². The number of esters is 1. The second-order valence-corrected chi connectivity index (χ2v) is 9.33. The highest BCUT2D eigenvalue weighted by Crippen LogP contribution is 2.31. The molecule has 0 radical (unpaired) electrons. The second-order valence-electron chi connectivity index (χ2n) is 7.46. The van der Waals surface area contributed by atoms with Crippen LogP contribution in [-0.4, -0.2) is 43.7 Å². The molecule has 1 saturated heterocycles. The van der Waals surface area contributed by atoms with Crippen LogP contribution in [0.1, 0.15) is 48.9 Å². The molecule has 27 heavy (non-hydrogen) atoms. The predicted molar refractivity (Wildman–Crippen MR) is 103 cm³/mol. The minimum Gasteiger partial charge on any atom is -0.454 e. The Balaban J connectivity index is 2.16. The van der Waals surface area contributed by atoms with Crippen molar-refractivity contribution in [3.63, 3.8) is 0 Å². The quantitative estimate of drug-likeness (QED) is 0.716. The first kappa shape index (κ1) is 21.6. The maximum atomic E-state index is 13.2. The molecule has 1 heterocycles. The highest BCUT2D eigenvalue weighted by atomic mass is 32.2. The van der Waals surface area contributed by atoms with E-state index in [1.807, 2.05) is 33.8 Å². The van der Waals surface area contributed by atoms with Gasteiger partial charge in [-0.25, -0.2) is 8.42 Å². The van der Waals surface area contributed by atoms with Gasteiger partial charge in [0.2, 0.25) is 10.0 Å². The van der Waals surface area contributed by atoms with Crippen LogP contribution in [0.5, 0.6) is 0 Å². The highest BCUT2D eigenvalue weighted by molar-refractivity contribution is 7.89. The summed E-state index contributed by atoms with van der Waals surface area (Å²) in [6.45, 7) is 11.0. The fourth-order valence-corrected chi connectivity index (χ4v) is 5.43. The van der Waals surface area contributed by atoms with Gasteiger partial charge in [-0.3, -0.25) is 9.59 Å². The van der Waals surface area contributed by atoms with E-state index in [2.05, 4.69) is 0 Å². The van der Waals surface area contributed by atoms with Crippen LogP contribution >= 0.6 is 0 Å². The monoisotopic (exact) mass is 395 g/mol. The molecule has 0 aliphatic carbocycles. The summed E-state index contributed by atoms with van der Waals surface area (Å²) < 4.78 is 33.1. The largest absolute Gasteiger partial charge is 0.454 e. The lowest BCUT2D eigenvalue weighted by Gasteiger charge is -2.31. The van der Waals surface area contributed by atoms with Crippen molar-refractivity contribution in [2.75, 3.05) is 13.1 Å². The normalized spacial score (nSPS) is 17.6. The van der Waals surface area contributed by atoms with E-state index in [4.69, 9.17) is 4.74 Å². The smallest absolute Gasteiger partial charge is 0.309 e. The minimum atomic E-state index is -3.63. The van der Waals surface area contributed by atoms with Gasteiger partial charge in [0.25, 0.3) is 0 Å². The zero-order chi connectivity index (χ0) is 20.5. The zero-order valence-corrected chi connectivity index (χ0v) is 17.8. The Kier molecular flexibility index (Phi) is 6.47. The van der Waals surface area contributed by atoms with Gasteiger partial charge in [0.1, 0.15) is 0 Å². The molecule has 1 atom stereocenters. The SMILES string of the molecule is CC(=O)[C@@H](C)OC(=O)C1CCN(S(=O)(=O)c2c(C)c(C)cc(C)c2C)CC1. The van der Waals surface area contributed by atoms with Crippen molar-refractivity contribution in [2.24, 2.45) is 5.92 Å². The third kappa shape index (κ3) is 4.41. The molecule has 2 rings (SSSR count). The molecule has 1 aliphatic heterocycles. The molecule has 0 saturated carbocycles. The lowest BCUT2D eigenvalue weighted by molar-refractivity contribution is -0.158. The summed E-state index contributed by atoms with van der Waals surface area (Å²) in [5.41, 5.74) is 3.45. The van der Waals surface area contributed by atoms with E-state index in [1.54, 1.807) is 6.92 Å². The van der Waals surface area contributed by atoms with E-state index >= 15 is 0 Å². The van der Waals surface area contributed by atoms with E-state index in [1.165, 1.54) is 11.2 Å². The number of rotatable bonds is 5. The lowest BCUT2D eigenvalue weighted by atomic mass is 9.98. The number of hydrogen-bond donors (Lipinski definition) is 0. The summed E-state index contributed by atoms with van der Waals surface area (Å²) in [6, 6.07) is 2.00. The molecule has 0 unspecified atom stereocenters. The third-order valence-corrected chi connectivity index (χ3v) is 7.72. The number of sulfonamides is 1. The molecular weight excluding hydrogens is 366 g/mol. The summed E-state index contributed by atoms with van der Waals surface area (Å²) in [4.78, 5) is 23.8. The van der Waals surface area contributed by atoms with Crippen molar-refractivity contribution >= 4 is 21.8 Å². The Morgan fingerprint density at radius 3 is 2.00 bits per heavy atom. The first-order valence-corrected chi connectivity index (χ1v) is 10.7. The Morgan fingerprint density at radius 2 is 1.56 bits per heavy atom. The van der Waals surface area contributed by atoms with Crippen LogP contribution in [0.3, 0.4) is 0 Å². The molecule has 0 spiro atoms. The van der Waals surface area contributed by atoms with Gasteiger partial charge in [0, 0.05) is 13.1 Å². The van der Waals surface area contributed by atoms with Gasteiger partial charge in [-0.05, 0) is 76.6 Å². The molecule has 1 aromatic rings. The Bertz CT molecular complexity index is 825. The molecule has 150 valence electrons. The third-order valence-electron chi connectivity index (χ3n) is 5.55. The number of ketones is 1. The van der Waals surface area contributed by atoms with Crippen LogP contribution in [-0.2, 0) is 24.3 Å². The van der Waals surface area contributed by atoms with Gasteiger partial charge in [0.15, 0.2) is 11.9 Å². The van der Waals surface area contributed by atoms with Crippen molar-refractivity contribution in [1.29, 1.82) is 0 Å². The van der Waals surface area contributed by atoms with Gasteiger partial charge in [-0.2, -0.15) is 4.31 Å². The molecule has 1 aromatic carbocycles. The van der Waals surface area contributed by atoms with E-state index in [0.29, 0.717) is 17.7 Å². The van der Waals surface area contributed by atoms with Crippen molar-refractivity contribution in [2.45, 2.75) is 65.4 Å². The van der Waals surface area contributed by atoms with Crippen LogP contribution in [0.2, 0.25) is 0 Å². The zero-order valence-electron chi connectivity index (χ0n) is 17.0. The molecular formula is C20H29NO5S. The molecule has 1 aliphatic rings. The van der Waals surface area contributed by atoms with Crippen LogP contribution in [0, 0.1) is 33.6 Å². The van der Waals surface area contributed by atoms with Gasteiger partial charge in [-0.1, -0.05) is 6.07 Å². The molecule has 0 aromatic heterocycles. The first-order valence-electron chi connectivity index (χ1n) is 9.25. The van der Waals surface area contributed by atoms with Crippen LogP contribution in [0.4, 0.5) is 0 Å². The highest BCUT2D eigenvalue weighted by Gasteiger charge is 2.35. The van der Waals surface area contributed by atoms with Crippen molar-refractivity contribution in [1.82, 2.24) is 4.31 Å². The summed E-state index contributed by atoms with van der Waals surface area (Å²) in [7, 11) is -3.63. The second kappa shape index (κ2) is 8.10. The fraction of sp³-hybridized carbons (Fsp3) is 0.600. The number of hydrogen-bond acceptors (Lipinski definition) is 5. The average Bonchev–Trinajstić information content (AvgIpc) is 2.60. The molecule has 7 heteroatoms. The standard InChI is InChI=1S/C20H29NO5S/c1-12-11-13(2)15(4)19(14(12)3)27(24,25)21-9-7-18(8-10-21)20(23)26-17(6)16(5)22/h11,17-18H,7-10H2,1-6H3/t17-/m1/s1. The number of benzene rings is 1. The van der Waals surface area contributed by atoms with Crippen molar-refractivity contribution in [3.05, 3.63) is 28.3 Å². The minimum absolute atomic E-state index is 0.205. The predicted octanol–water partition coefficient (Wildman–Crippen LogP) is 2.84. The topological polar surface area (TPSA) is 80.8 Å². The number of carbonyl (C=O) groups excluding carboxylic acids is 2. The fourth-order valence-electron chi connectivity index (χ4n) is 3.38. The number of piperidine rings is 1. The van der Waals surface area contributed by atoms with E-state index in [0.717, 1.165) is 22.3 Å². The van der Waals surface area contributed by atoms with Crippen molar-refractivity contribution < 1.29 is 22.7 Å². The number of carbonyl (C=O) groups is 2. The maximum absolute atomic E-state index is 13.2. The average molecular weight is 396 g/mol. The Labute approximate surface area is 161 Å². The summed E-state index contributed by atoms with van der Waals surface area (Å²) in [5.74, 6) is -1.00. The first-order chi connectivity index (χ1) is 12.5. The van der Waals surface area contributed by atoms with E-state index < -0.39 is 22.1 Å². The molecule has 0 amide bonds. The van der Waals surface area contributed by atoms with Gasteiger partial charge < -0.3 is 4.74 Å². The Morgan fingerprint density at radius 1 is 1.07 bits per heavy atom. The van der Waals surface area contributed by atoms with Crippen molar-refractivity contribution in [3.8, 4) is 0 Å². The van der Waals surface area contributed by atoms with Gasteiger partial charge in [-0.15, -0.1) is 0 Å². The van der Waals surface area contributed by atoms with Gasteiger partial charge >= 0.3 is 5.97 Å². The molecule has 0 bridgehead atoms. The number of aryl methyl sites for hydroxylation is 2. The number of nitrogens with zero attached hydrogens (tertiary/aromatic N) is 1. The molecule has 1 fully saturated rings. The van der Waals surface area contributed by atoms with Crippen LogP contribution in [0.25, 0.3) is 0 Å². The summed E-state index contributed by atoms with van der Waals surface area (Å²) in [5, 5.41) is 0. The van der Waals surface area contributed by atoms with Crippen LogP contribution in [0.15, 0.2) is 11.0 Å². The van der Waals surface area contributed by atoms with Gasteiger partial charge in [0.05, 0.1) is 10.8 Å². The van der Waals surface area contributed by atoms with E-state index in [9.17, 15) is 18.0 Å². The number of ether oxygens (including phenoxy) is 1. The maximum Gasteiger partial charge on any atom is 0.309 e. The molecule has 6 nitrogen and oxygen atoms in total. The summed E-state index contributed by atoms with van der Waals surface area (Å²) >= 11 is 0. The summed E-state index contributed by atoms with van der Waals surface area (Å²) in [6.07, 6.45) is 0.0248. The molecule has 0 N–H and O–H groups in total. The lowest BCUT2D eigenvalue weighted by Crippen LogP contribution is -2.41.